The molecule has 68 valence electrons. The molecule has 2 N–H and O–H groups in total. The number of methoxy groups -OCH3 is 1. The summed E-state index contributed by atoms with van der Waals surface area (Å²) in [5.41, 5.74) is 7.37. The van der Waals surface area contributed by atoms with Crippen molar-refractivity contribution in [3.63, 3.8) is 0 Å². The summed E-state index contributed by atoms with van der Waals surface area (Å²) in [6.07, 6.45) is 0. The van der Waals surface area contributed by atoms with Crippen LogP contribution in [0, 0.1) is 6.92 Å². The van der Waals surface area contributed by atoms with Crippen LogP contribution in [-0.2, 0) is 0 Å². The molecule has 2 aromatic heterocycles. The van der Waals surface area contributed by atoms with Crippen LogP contribution in [0.15, 0.2) is 6.07 Å². The van der Waals surface area contributed by atoms with Crippen molar-refractivity contribution in [3.05, 3.63) is 11.6 Å². The summed E-state index contributed by atoms with van der Waals surface area (Å²) in [6, 6.07) is 1.92. The lowest BCUT2D eigenvalue weighted by Gasteiger charge is -2.00. The number of aryl methyl sites for hydroxylation is 1. The van der Waals surface area contributed by atoms with E-state index in [0.29, 0.717) is 11.0 Å². The van der Waals surface area contributed by atoms with E-state index in [9.17, 15) is 0 Å². The molecule has 0 amide bonds. The minimum absolute atomic E-state index is 0.537. The fourth-order valence-electron chi connectivity index (χ4n) is 1.17. The molecule has 4 nitrogen and oxygen atoms in total. The monoisotopic (exact) mass is 195 g/mol. The zero-order valence-corrected chi connectivity index (χ0v) is 8.18. The molecular formula is C8H9N3OS. The molecular weight excluding hydrogens is 186 g/mol. The number of fused-ring (bicyclic) bond motifs is 1. The maximum Gasteiger partial charge on any atom is 0.217 e. The number of nitrogens with zero attached hydrogens (tertiary/aromatic N) is 2. The molecule has 0 unspecified atom stereocenters. The Balaban J connectivity index is 2.72. The SMILES string of the molecule is COc1nc2sc(N)nc2cc1C. The predicted molar refractivity (Wildman–Crippen MR) is 53.1 cm³/mol. The van der Waals surface area contributed by atoms with Gasteiger partial charge in [0, 0.05) is 5.56 Å². The van der Waals surface area contributed by atoms with E-state index < -0.39 is 0 Å². The Morgan fingerprint density at radius 3 is 2.92 bits per heavy atom. The largest absolute Gasteiger partial charge is 0.481 e. The first kappa shape index (κ1) is 8.25. The van der Waals surface area contributed by atoms with Crippen molar-refractivity contribution in [2.45, 2.75) is 6.92 Å². The summed E-state index contributed by atoms with van der Waals surface area (Å²) in [5, 5.41) is 0.537. The number of thiazole rings is 1. The Labute approximate surface area is 79.4 Å². The van der Waals surface area contributed by atoms with Crippen LogP contribution in [0.4, 0.5) is 5.13 Å². The Hall–Kier alpha value is -1.36. The van der Waals surface area contributed by atoms with Gasteiger partial charge in [-0.15, -0.1) is 0 Å². The Morgan fingerprint density at radius 1 is 1.46 bits per heavy atom. The van der Waals surface area contributed by atoms with Gasteiger partial charge in [0.15, 0.2) is 5.13 Å². The lowest BCUT2D eigenvalue weighted by molar-refractivity contribution is 0.396. The van der Waals surface area contributed by atoms with E-state index in [2.05, 4.69) is 9.97 Å². The zero-order valence-electron chi connectivity index (χ0n) is 7.37. The summed E-state index contributed by atoms with van der Waals surface area (Å²) < 4.78 is 5.09. The molecule has 0 radical (unpaired) electrons. The molecule has 0 fully saturated rings. The topological polar surface area (TPSA) is 61.0 Å². The first-order valence-electron chi connectivity index (χ1n) is 3.78. The highest BCUT2D eigenvalue weighted by molar-refractivity contribution is 7.21. The molecule has 0 spiro atoms. The lowest BCUT2D eigenvalue weighted by atomic mass is 10.3. The summed E-state index contributed by atoms with van der Waals surface area (Å²) in [7, 11) is 1.60. The lowest BCUT2D eigenvalue weighted by Crippen LogP contribution is -1.90. The van der Waals surface area contributed by atoms with Gasteiger partial charge < -0.3 is 10.5 Å². The number of anilines is 1. The third-order valence-corrected chi connectivity index (χ3v) is 2.53. The quantitative estimate of drug-likeness (QED) is 0.750. The van der Waals surface area contributed by atoms with Crippen molar-refractivity contribution in [1.29, 1.82) is 0 Å². The first-order chi connectivity index (χ1) is 6.20. The third-order valence-electron chi connectivity index (χ3n) is 1.74. The van der Waals surface area contributed by atoms with E-state index in [-0.39, 0.29) is 0 Å². The van der Waals surface area contributed by atoms with Crippen molar-refractivity contribution in [2.75, 3.05) is 12.8 Å². The van der Waals surface area contributed by atoms with E-state index in [1.54, 1.807) is 7.11 Å². The molecule has 0 saturated carbocycles. The normalized spacial score (nSPS) is 10.6. The first-order valence-corrected chi connectivity index (χ1v) is 4.60. The van der Waals surface area contributed by atoms with Gasteiger partial charge in [-0.1, -0.05) is 11.3 Å². The van der Waals surface area contributed by atoms with Crippen LogP contribution >= 0.6 is 11.3 Å². The molecule has 0 aliphatic heterocycles. The molecule has 13 heavy (non-hydrogen) atoms. The van der Waals surface area contributed by atoms with Crippen LogP contribution < -0.4 is 10.5 Å². The third kappa shape index (κ3) is 1.31. The second-order valence-corrected chi connectivity index (χ2v) is 3.70. The van der Waals surface area contributed by atoms with Gasteiger partial charge in [0.25, 0.3) is 0 Å². The molecule has 0 aromatic carbocycles. The number of pyridine rings is 1. The molecule has 2 rings (SSSR count). The van der Waals surface area contributed by atoms with Crippen LogP contribution in [0.3, 0.4) is 0 Å². The van der Waals surface area contributed by atoms with E-state index in [1.165, 1.54) is 11.3 Å². The second kappa shape index (κ2) is 2.85. The molecule has 2 heterocycles. The van der Waals surface area contributed by atoms with Gasteiger partial charge in [0.05, 0.1) is 7.11 Å². The zero-order chi connectivity index (χ0) is 9.42. The number of rotatable bonds is 1. The number of nitrogen functional groups attached to an aromatic ring is 1. The van der Waals surface area contributed by atoms with Crippen molar-refractivity contribution in [3.8, 4) is 5.88 Å². The molecule has 0 atom stereocenters. The number of hydrogen-bond acceptors (Lipinski definition) is 5. The Morgan fingerprint density at radius 2 is 2.23 bits per heavy atom. The van der Waals surface area contributed by atoms with Crippen LogP contribution in [0.5, 0.6) is 5.88 Å². The smallest absolute Gasteiger partial charge is 0.217 e. The van der Waals surface area contributed by atoms with Gasteiger partial charge in [-0.3, -0.25) is 0 Å². The standard InChI is InChI=1S/C8H9N3OS/c1-4-3-5-7(11-6(4)12-2)13-8(9)10-5/h3H,1-2H3,(H2,9,10). The van der Waals surface area contributed by atoms with Crippen LogP contribution in [0.2, 0.25) is 0 Å². The van der Waals surface area contributed by atoms with Gasteiger partial charge >= 0.3 is 0 Å². The average molecular weight is 195 g/mol. The minimum Gasteiger partial charge on any atom is -0.481 e. The molecule has 0 saturated heterocycles. The van der Waals surface area contributed by atoms with Gasteiger partial charge in [0.1, 0.15) is 10.3 Å². The Bertz CT molecular complexity index is 452. The van der Waals surface area contributed by atoms with E-state index in [1.807, 2.05) is 13.0 Å². The van der Waals surface area contributed by atoms with E-state index >= 15 is 0 Å². The summed E-state index contributed by atoms with van der Waals surface area (Å²) in [4.78, 5) is 9.21. The van der Waals surface area contributed by atoms with Crippen LogP contribution in [0.1, 0.15) is 5.56 Å². The fraction of sp³-hybridized carbons (Fsp3) is 0.250. The second-order valence-electron chi connectivity index (χ2n) is 2.69. The number of aromatic nitrogens is 2. The summed E-state index contributed by atoms with van der Waals surface area (Å²) >= 11 is 1.37. The van der Waals surface area contributed by atoms with Gasteiger partial charge in [0.2, 0.25) is 5.88 Å². The van der Waals surface area contributed by atoms with Crippen molar-refractivity contribution in [1.82, 2.24) is 9.97 Å². The van der Waals surface area contributed by atoms with Gasteiger partial charge in [-0.2, -0.15) is 0 Å². The number of ether oxygens (including phenoxy) is 1. The highest BCUT2D eigenvalue weighted by Gasteiger charge is 2.06. The summed E-state index contributed by atoms with van der Waals surface area (Å²) in [6.45, 7) is 1.93. The average Bonchev–Trinajstić information content (AvgIpc) is 2.42. The van der Waals surface area contributed by atoms with E-state index in [4.69, 9.17) is 10.5 Å². The summed E-state index contributed by atoms with van der Waals surface area (Å²) in [5.74, 6) is 0.635. The number of nitrogens with two attached hydrogens (primary N) is 1. The van der Waals surface area contributed by atoms with Crippen LogP contribution in [0.25, 0.3) is 10.3 Å². The van der Waals surface area contributed by atoms with Gasteiger partial charge in [-0.05, 0) is 13.0 Å². The van der Waals surface area contributed by atoms with Gasteiger partial charge in [-0.25, -0.2) is 9.97 Å². The van der Waals surface area contributed by atoms with Crippen LogP contribution in [-0.4, -0.2) is 17.1 Å². The molecule has 0 aliphatic rings. The molecule has 2 aromatic rings. The minimum atomic E-state index is 0.537. The molecule has 0 bridgehead atoms. The predicted octanol–water partition coefficient (Wildman–Crippen LogP) is 1.59. The maximum atomic E-state index is 5.56. The van der Waals surface area contributed by atoms with E-state index in [0.717, 1.165) is 15.9 Å². The molecule has 0 aliphatic carbocycles. The molecule has 5 heteroatoms. The highest BCUT2D eigenvalue weighted by Crippen LogP contribution is 2.26. The Kier molecular flexibility index (Phi) is 1.81. The maximum absolute atomic E-state index is 5.56. The van der Waals surface area contributed by atoms with Crippen molar-refractivity contribution in [2.24, 2.45) is 0 Å². The highest BCUT2D eigenvalue weighted by atomic mass is 32.1. The fourth-order valence-corrected chi connectivity index (χ4v) is 1.85. The van der Waals surface area contributed by atoms with Crippen molar-refractivity contribution >= 4 is 26.8 Å². The number of hydrogen-bond donors (Lipinski definition) is 1. The van der Waals surface area contributed by atoms with Crippen molar-refractivity contribution < 1.29 is 4.74 Å².